The molecule has 0 aromatic carbocycles. The van der Waals surface area contributed by atoms with Gasteiger partial charge >= 0.3 is 0 Å². The van der Waals surface area contributed by atoms with E-state index in [9.17, 15) is 142 Å². The van der Waals surface area contributed by atoms with Gasteiger partial charge in [0.1, 0.15) is 213 Å². The molecule has 4 amide bonds. The van der Waals surface area contributed by atoms with Crippen LogP contribution in [0.4, 0.5) is 0 Å². The highest BCUT2D eigenvalue weighted by molar-refractivity contribution is 5.74. The molecule has 642 valence electrons. The summed E-state index contributed by atoms with van der Waals surface area (Å²) in [6, 6.07) is -7.39. The molecule has 9 aliphatic rings. The van der Waals surface area contributed by atoms with Gasteiger partial charge in [-0.15, -0.1) is 0 Å². The van der Waals surface area contributed by atoms with E-state index < -0.39 is 353 Å². The maximum atomic E-state index is 13.2. The molecule has 0 bridgehead atoms. The topological polar surface area (TPSA) is 759 Å². The van der Waals surface area contributed by atoms with Gasteiger partial charge in [-0.2, -0.15) is 0 Å². The first kappa shape index (κ1) is 91.1. The molecule has 0 aromatic heterocycles. The van der Waals surface area contributed by atoms with E-state index in [2.05, 4.69) is 21.3 Å². The van der Waals surface area contributed by atoms with Gasteiger partial charge < -0.3 is 224 Å². The van der Waals surface area contributed by atoms with Crippen LogP contribution in [0.3, 0.4) is 0 Å². The largest absolute Gasteiger partial charge is 0.394 e. The Morgan fingerprint density at radius 1 is 0.252 bits per heavy atom. The summed E-state index contributed by atoms with van der Waals surface area (Å²) in [5, 5.41) is 276. The lowest BCUT2D eigenvalue weighted by Crippen LogP contribution is -2.71. The minimum atomic E-state index is -2.55. The third-order valence-electron chi connectivity index (χ3n) is 20.3. The first-order valence-corrected chi connectivity index (χ1v) is 35.5. The maximum Gasteiger partial charge on any atom is 0.217 e. The van der Waals surface area contributed by atoms with Crippen molar-refractivity contribution in [3.8, 4) is 0 Å². The quantitative estimate of drug-likeness (QED) is 0.0346. The van der Waals surface area contributed by atoms with Crippen LogP contribution in [-0.2, 0) is 99.7 Å². The zero-order valence-corrected chi connectivity index (χ0v) is 59.9. The van der Waals surface area contributed by atoms with Gasteiger partial charge in [-0.25, -0.2) is 0 Å². The average molecular weight is 1630 g/mol. The number of ether oxygens (including phenoxy) is 17. The molecule has 9 saturated heterocycles. The number of hydrogen-bond donors (Lipinski definition) is 28. The number of nitrogens with one attached hydrogen (secondary N) is 4. The van der Waals surface area contributed by atoms with E-state index in [-0.39, 0.29) is 0 Å². The molecule has 0 aliphatic carbocycles. The molecule has 111 heavy (non-hydrogen) atoms. The SMILES string of the molecule is CC(=O)N[C@@H]1[C@@H](O)[C@H](O[C@@H]2O[C@H](CO)[C@@H](O[C@H]3O[C@H](CO[C@H]4O[C@H](CO)[C@@H](O)[C@H](O)[C@@H]4O[C@@H]4O[C@H](CO)[C@@H](O[C@H]5O[C@H](CO)[C@H](O)[C@H](O)[C@H]5O)[C@H](O)[C@H]4NC(C)=O)[C@@H](O)[C@H](O[C@H]4O[C@H](CO)[C@@H](O)[C@H](O)[C@@H]4O[C@@H]4O[C@H](CO)[C@@H](O)[C@H](O)[C@H]4NC(C)=O)[C@@H]3O)[C@H](O)[C@H]2NC(C)=O)[C@@H](CO[C@H]2O[C@@H](C)[C@@H](O)[C@@H](O)[C@@H]2O)O[C@H]1O. The van der Waals surface area contributed by atoms with Gasteiger partial charge in [0, 0.05) is 27.7 Å². The standard InChI is InChI=1S/C62H104N4O45/c1-14-31(77)41(87)45(91)58(97-14)95-13-26-50(38(84)27(54(94)98-26)63-15(2)73)106-56-29(65-17(4)75)39(85)49(24(11-72)103-56)108-60-47(93)51(109-62-53(44(90)35(81)22(9-70)102-62)111-55-28(64-16(3)74)37(83)32(78)19(6-67)99-55)36(82)25(105-60)12-96-61-52(43(89)34(80)21(8-69)101-61)110-57-30(66-18(5)76)40(86)48(23(10-71)104-57)107-59-46(92)42(88)33(79)20(7-68)100-59/h14,19-62,67-72,77-94H,6-13H2,1-5H3,(H,63,73)(H,64,74)(H,65,75)(H,66,76)/t14-,19+,20+,21+,22+,23+,24+,25+,26+,27+,28+,29+,30+,31+,32+,33-,34+,35+,36+,37+,38+,39+,40+,41+,42-,43-,44-,45-,46+,47-,48+,49+,50+,51-,52-,53-,54+,55-,56-,57-,58-,59+,60+,61-,62+/m0/s1. The summed E-state index contributed by atoms with van der Waals surface area (Å²) < 4.78 is 101. The normalized spacial score (nSPS) is 49.3. The van der Waals surface area contributed by atoms with Crippen molar-refractivity contribution in [1.29, 1.82) is 0 Å². The van der Waals surface area contributed by atoms with Gasteiger partial charge in [-0.3, -0.25) is 19.2 Å². The van der Waals surface area contributed by atoms with Crippen molar-refractivity contribution in [2.75, 3.05) is 52.9 Å². The van der Waals surface area contributed by atoms with Gasteiger partial charge in [-0.05, 0) is 6.92 Å². The van der Waals surface area contributed by atoms with Crippen molar-refractivity contribution in [2.24, 2.45) is 0 Å². The molecule has 9 aliphatic heterocycles. The minimum absolute atomic E-state index is 0.827. The lowest BCUT2D eigenvalue weighted by molar-refractivity contribution is -0.396. The lowest BCUT2D eigenvalue weighted by Gasteiger charge is -2.51. The molecule has 9 heterocycles. The second kappa shape index (κ2) is 39.7. The second-order valence-corrected chi connectivity index (χ2v) is 28.2. The van der Waals surface area contributed by atoms with Crippen LogP contribution in [0, 0.1) is 0 Å². The molecule has 9 rings (SSSR count). The van der Waals surface area contributed by atoms with Gasteiger partial charge in [0.25, 0.3) is 0 Å². The number of aliphatic hydroxyl groups is 24. The number of hydrogen-bond acceptors (Lipinski definition) is 45. The molecule has 0 unspecified atom stereocenters. The van der Waals surface area contributed by atoms with Crippen molar-refractivity contribution in [1.82, 2.24) is 21.3 Å². The van der Waals surface area contributed by atoms with Crippen LogP contribution in [0.5, 0.6) is 0 Å². The van der Waals surface area contributed by atoms with Gasteiger partial charge in [-0.1, -0.05) is 0 Å². The average Bonchev–Trinajstić information content (AvgIpc) is 0.774. The summed E-state index contributed by atoms with van der Waals surface area (Å²) >= 11 is 0. The fourth-order valence-corrected chi connectivity index (χ4v) is 14.3. The summed E-state index contributed by atoms with van der Waals surface area (Å²) in [6.45, 7) is -3.36. The molecule has 28 N–H and O–H groups in total. The van der Waals surface area contributed by atoms with Crippen molar-refractivity contribution < 1.29 is 222 Å². The Kier molecular flexibility index (Phi) is 32.6. The molecular weight excluding hydrogens is 1520 g/mol. The van der Waals surface area contributed by atoms with E-state index >= 15 is 0 Å². The first-order chi connectivity index (χ1) is 52.4. The van der Waals surface area contributed by atoms with Crippen LogP contribution >= 0.6 is 0 Å². The Balaban J connectivity index is 1.05. The minimum Gasteiger partial charge on any atom is -0.394 e. The molecule has 0 aromatic rings. The van der Waals surface area contributed by atoms with Crippen LogP contribution in [0.2, 0.25) is 0 Å². The van der Waals surface area contributed by atoms with Crippen molar-refractivity contribution >= 4 is 23.6 Å². The fraction of sp³-hybridized carbons (Fsp3) is 0.935. The summed E-state index contributed by atoms with van der Waals surface area (Å²) in [5.74, 6) is -3.59. The van der Waals surface area contributed by atoms with Crippen molar-refractivity contribution in [3.05, 3.63) is 0 Å². The van der Waals surface area contributed by atoms with E-state index in [1.807, 2.05) is 0 Å². The van der Waals surface area contributed by atoms with Crippen molar-refractivity contribution in [3.63, 3.8) is 0 Å². The third kappa shape index (κ3) is 20.3. The molecule has 9 fully saturated rings. The number of carbonyl (C=O) groups excluding carboxylic acids is 4. The van der Waals surface area contributed by atoms with E-state index in [1.54, 1.807) is 0 Å². The predicted octanol–water partition coefficient (Wildman–Crippen LogP) is -19.0. The highest BCUT2D eigenvalue weighted by Gasteiger charge is 2.61. The number of amides is 4. The summed E-state index contributed by atoms with van der Waals surface area (Å²) in [6.07, 6.45) is -83.2. The molecule has 49 heteroatoms. The van der Waals surface area contributed by atoms with Crippen LogP contribution in [-0.4, -0.2) is 475 Å². The molecule has 0 saturated carbocycles. The van der Waals surface area contributed by atoms with Crippen molar-refractivity contribution in [2.45, 2.75) is 311 Å². The molecule has 0 spiro atoms. The fourth-order valence-electron chi connectivity index (χ4n) is 14.3. The zero-order chi connectivity index (χ0) is 81.8. The van der Waals surface area contributed by atoms with Gasteiger partial charge in [0.05, 0.1) is 59.0 Å². The Morgan fingerprint density at radius 2 is 0.559 bits per heavy atom. The van der Waals surface area contributed by atoms with Crippen LogP contribution < -0.4 is 21.3 Å². The summed E-state index contributed by atoms with van der Waals surface area (Å²) in [4.78, 5) is 50.9. The first-order valence-electron chi connectivity index (χ1n) is 35.5. The molecule has 45 atom stereocenters. The maximum absolute atomic E-state index is 13.2. The Hall–Kier alpha value is -3.76. The number of rotatable bonds is 28. The molecule has 49 nitrogen and oxygen atoms in total. The lowest BCUT2D eigenvalue weighted by atomic mass is 9.93. The molecule has 0 radical (unpaired) electrons. The smallest absolute Gasteiger partial charge is 0.217 e. The van der Waals surface area contributed by atoms with E-state index in [4.69, 9.17) is 80.5 Å². The zero-order valence-electron chi connectivity index (χ0n) is 59.9. The van der Waals surface area contributed by atoms with Crippen LogP contribution in [0.1, 0.15) is 34.6 Å². The van der Waals surface area contributed by atoms with Crippen LogP contribution in [0.15, 0.2) is 0 Å². The van der Waals surface area contributed by atoms with E-state index in [1.165, 1.54) is 6.92 Å². The monoisotopic (exact) mass is 1620 g/mol. The highest BCUT2D eigenvalue weighted by atomic mass is 16.8. The van der Waals surface area contributed by atoms with E-state index in [0.717, 1.165) is 27.7 Å². The third-order valence-corrected chi connectivity index (χ3v) is 20.3. The second-order valence-electron chi connectivity index (χ2n) is 28.2. The summed E-state index contributed by atoms with van der Waals surface area (Å²) in [5.41, 5.74) is 0. The highest BCUT2D eigenvalue weighted by Crippen LogP contribution is 2.40. The Labute approximate surface area is 629 Å². The van der Waals surface area contributed by atoms with Gasteiger partial charge in [0.15, 0.2) is 56.6 Å². The Bertz CT molecular complexity index is 2950. The Morgan fingerprint density at radius 3 is 1.03 bits per heavy atom. The van der Waals surface area contributed by atoms with E-state index in [0.29, 0.717) is 0 Å². The predicted molar refractivity (Wildman–Crippen MR) is 342 cm³/mol. The number of carbonyl (C=O) groups is 4. The summed E-state index contributed by atoms with van der Waals surface area (Å²) in [7, 11) is 0. The van der Waals surface area contributed by atoms with Gasteiger partial charge in [0.2, 0.25) is 23.6 Å². The van der Waals surface area contributed by atoms with Crippen LogP contribution in [0.25, 0.3) is 0 Å². The number of aliphatic hydroxyl groups excluding tert-OH is 24. The molecular formula is C62H104N4O45.